The zero-order valence-electron chi connectivity index (χ0n) is 15.2. The monoisotopic (exact) mass is 345 g/mol. The summed E-state index contributed by atoms with van der Waals surface area (Å²) in [6, 6.07) is 8.79. The van der Waals surface area contributed by atoms with Gasteiger partial charge < -0.3 is 10.2 Å². The van der Waals surface area contributed by atoms with Crippen LogP contribution in [0.5, 0.6) is 0 Å². The lowest BCUT2D eigenvalue weighted by Crippen LogP contribution is -2.53. The standard InChI is InChI=1S/C19H27N3O3/c1-14(2)18(15(3)23)20-17(24)13-21-9-11-22(12-10-21)19(25)16-7-5-4-6-8-16/h4-8,14,18H,9-13H2,1-3H3,(H,20,24). The molecule has 1 N–H and O–H groups in total. The molecule has 1 heterocycles. The molecule has 1 aliphatic heterocycles. The first-order valence-corrected chi connectivity index (χ1v) is 8.75. The van der Waals surface area contributed by atoms with E-state index in [1.165, 1.54) is 6.92 Å². The fraction of sp³-hybridized carbons (Fsp3) is 0.526. The maximum absolute atomic E-state index is 12.4. The summed E-state index contributed by atoms with van der Waals surface area (Å²) < 4.78 is 0. The van der Waals surface area contributed by atoms with Crippen LogP contribution >= 0.6 is 0 Å². The molecule has 2 rings (SSSR count). The number of benzene rings is 1. The van der Waals surface area contributed by atoms with E-state index >= 15 is 0 Å². The number of rotatable bonds is 6. The largest absolute Gasteiger partial charge is 0.345 e. The maximum atomic E-state index is 12.4. The molecule has 136 valence electrons. The van der Waals surface area contributed by atoms with Crippen molar-refractivity contribution in [3.8, 4) is 0 Å². The van der Waals surface area contributed by atoms with Crippen LogP contribution in [0.2, 0.25) is 0 Å². The zero-order chi connectivity index (χ0) is 18.4. The van der Waals surface area contributed by atoms with Gasteiger partial charge in [-0.05, 0) is 25.0 Å². The number of hydrogen-bond acceptors (Lipinski definition) is 4. The molecule has 0 aliphatic carbocycles. The Kier molecular flexibility index (Phi) is 6.70. The van der Waals surface area contributed by atoms with E-state index in [2.05, 4.69) is 5.32 Å². The van der Waals surface area contributed by atoms with Gasteiger partial charge in [0, 0.05) is 31.7 Å². The number of Topliss-reactive ketones (excluding diaryl/α,β-unsaturated/α-hetero) is 1. The molecular weight excluding hydrogens is 318 g/mol. The van der Waals surface area contributed by atoms with Gasteiger partial charge in [-0.2, -0.15) is 0 Å². The van der Waals surface area contributed by atoms with Gasteiger partial charge in [-0.1, -0.05) is 32.0 Å². The second kappa shape index (κ2) is 8.76. The van der Waals surface area contributed by atoms with Crippen molar-refractivity contribution in [2.45, 2.75) is 26.8 Å². The third kappa shape index (κ3) is 5.39. The molecule has 2 amide bonds. The van der Waals surface area contributed by atoms with Gasteiger partial charge in [0.15, 0.2) is 5.78 Å². The van der Waals surface area contributed by atoms with Gasteiger partial charge in [-0.25, -0.2) is 0 Å². The van der Waals surface area contributed by atoms with Crippen LogP contribution in [0.3, 0.4) is 0 Å². The topological polar surface area (TPSA) is 69.7 Å². The average molecular weight is 345 g/mol. The SMILES string of the molecule is CC(=O)C(NC(=O)CN1CCN(C(=O)c2ccccc2)CC1)C(C)C. The third-order valence-corrected chi connectivity index (χ3v) is 4.47. The number of hydrogen-bond donors (Lipinski definition) is 1. The number of nitrogens with one attached hydrogen (secondary N) is 1. The summed E-state index contributed by atoms with van der Waals surface area (Å²) in [5.74, 6) is -0.0682. The van der Waals surface area contributed by atoms with Crippen LogP contribution in [0.25, 0.3) is 0 Å². The summed E-state index contributed by atoms with van der Waals surface area (Å²) in [4.78, 5) is 40.0. The van der Waals surface area contributed by atoms with Crippen molar-refractivity contribution < 1.29 is 14.4 Å². The number of carbonyl (C=O) groups is 3. The highest BCUT2D eigenvalue weighted by Gasteiger charge is 2.25. The van der Waals surface area contributed by atoms with E-state index in [9.17, 15) is 14.4 Å². The van der Waals surface area contributed by atoms with Gasteiger partial charge in [-0.15, -0.1) is 0 Å². The number of carbonyl (C=O) groups excluding carboxylic acids is 3. The van der Waals surface area contributed by atoms with Gasteiger partial charge in [0.05, 0.1) is 12.6 Å². The van der Waals surface area contributed by atoms with Crippen molar-refractivity contribution in [3.63, 3.8) is 0 Å². The molecule has 1 saturated heterocycles. The Hall–Kier alpha value is -2.21. The van der Waals surface area contributed by atoms with Gasteiger partial charge in [0.2, 0.25) is 5.91 Å². The number of amides is 2. The van der Waals surface area contributed by atoms with Gasteiger partial charge in [0.1, 0.15) is 0 Å². The molecule has 25 heavy (non-hydrogen) atoms. The van der Waals surface area contributed by atoms with Crippen molar-refractivity contribution >= 4 is 17.6 Å². The first-order valence-electron chi connectivity index (χ1n) is 8.75. The molecule has 1 aliphatic rings. The molecule has 0 spiro atoms. The Bertz CT molecular complexity index is 608. The van der Waals surface area contributed by atoms with Crippen LogP contribution in [0.4, 0.5) is 0 Å². The predicted molar refractivity (Wildman–Crippen MR) is 96.2 cm³/mol. The fourth-order valence-electron chi connectivity index (χ4n) is 3.03. The van der Waals surface area contributed by atoms with E-state index < -0.39 is 6.04 Å². The Morgan fingerprint density at radius 1 is 1.04 bits per heavy atom. The molecule has 6 nitrogen and oxygen atoms in total. The first kappa shape index (κ1) is 19.1. The van der Waals surface area contributed by atoms with Crippen LogP contribution in [0.1, 0.15) is 31.1 Å². The molecule has 1 unspecified atom stereocenters. The van der Waals surface area contributed by atoms with Crippen molar-refractivity contribution in [3.05, 3.63) is 35.9 Å². The van der Waals surface area contributed by atoms with E-state index in [-0.39, 0.29) is 30.1 Å². The van der Waals surface area contributed by atoms with Crippen LogP contribution in [0, 0.1) is 5.92 Å². The molecule has 0 bridgehead atoms. The molecular formula is C19H27N3O3. The smallest absolute Gasteiger partial charge is 0.253 e. The average Bonchev–Trinajstić information content (AvgIpc) is 2.60. The summed E-state index contributed by atoms with van der Waals surface area (Å²) >= 11 is 0. The van der Waals surface area contributed by atoms with Gasteiger partial charge >= 0.3 is 0 Å². The lowest BCUT2D eigenvalue weighted by atomic mass is 10.0. The Labute approximate surface area is 149 Å². The van der Waals surface area contributed by atoms with Crippen LogP contribution in [-0.2, 0) is 9.59 Å². The second-order valence-electron chi connectivity index (χ2n) is 6.83. The van der Waals surface area contributed by atoms with Crippen molar-refractivity contribution in [1.82, 2.24) is 15.1 Å². The Morgan fingerprint density at radius 2 is 1.64 bits per heavy atom. The highest BCUT2D eigenvalue weighted by molar-refractivity contribution is 5.94. The van der Waals surface area contributed by atoms with E-state index in [1.54, 1.807) is 0 Å². The number of ketones is 1. The van der Waals surface area contributed by atoms with Crippen LogP contribution < -0.4 is 5.32 Å². The summed E-state index contributed by atoms with van der Waals surface area (Å²) in [7, 11) is 0. The minimum atomic E-state index is -0.437. The highest BCUT2D eigenvalue weighted by atomic mass is 16.2. The minimum Gasteiger partial charge on any atom is -0.345 e. The van der Waals surface area contributed by atoms with E-state index in [0.29, 0.717) is 31.7 Å². The summed E-state index contributed by atoms with van der Waals surface area (Å²) in [6.07, 6.45) is 0. The quantitative estimate of drug-likeness (QED) is 0.840. The van der Waals surface area contributed by atoms with Gasteiger partial charge in [0.25, 0.3) is 5.91 Å². The summed E-state index contributed by atoms with van der Waals surface area (Å²) in [5.41, 5.74) is 0.690. The Morgan fingerprint density at radius 3 is 2.16 bits per heavy atom. The first-order chi connectivity index (χ1) is 11.9. The molecule has 1 aromatic rings. The number of piperazine rings is 1. The highest BCUT2D eigenvalue weighted by Crippen LogP contribution is 2.09. The molecule has 0 aromatic heterocycles. The normalized spacial score (nSPS) is 16.6. The van der Waals surface area contributed by atoms with Crippen LogP contribution in [0.15, 0.2) is 30.3 Å². The molecule has 1 fully saturated rings. The Balaban J connectivity index is 1.81. The lowest BCUT2D eigenvalue weighted by molar-refractivity contribution is -0.128. The van der Waals surface area contributed by atoms with Crippen molar-refractivity contribution in [2.24, 2.45) is 5.92 Å². The second-order valence-corrected chi connectivity index (χ2v) is 6.83. The van der Waals surface area contributed by atoms with E-state index in [4.69, 9.17) is 0 Å². The molecule has 6 heteroatoms. The molecule has 0 saturated carbocycles. The number of nitrogens with zero attached hydrogens (tertiary/aromatic N) is 2. The van der Waals surface area contributed by atoms with Crippen molar-refractivity contribution in [1.29, 1.82) is 0 Å². The molecule has 1 aromatic carbocycles. The summed E-state index contributed by atoms with van der Waals surface area (Å²) in [6.45, 7) is 8.09. The van der Waals surface area contributed by atoms with E-state index in [1.807, 2.05) is 54.0 Å². The predicted octanol–water partition coefficient (Wildman–Crippen LogP) is 1.17. The summed E-state index contributed by atoms with van der Waals surface area (Å²) in [5, 5.41) is 2.81. The minimum absolute atomic E-state index is 0.0263. The maximum Gasteiger partial charge on any atom is 0.253 e. The molecule has 1 atom stereocenters. The zero-order valence-corrected chi connectivity index (χ0v) is 15.2. The van der Waals surface area contributed by atoms with E-state index in [0.717, 1.165) is 0 Å². The van der Waals surface area contributed by atoms with Crippen molar-refractivity contribution in [2.75, 3.05) is 32.7 Å². The third-order valence-electron chi connectivity index (χ3n) is 4.47. The molecule has 0 radical (unpaired) electrons. The van der Waals surface area contributed by atoms with Gasteiger partial charge in [-0.3, -0.25) is 19.3 Å². The fourth-order valence-corrected chi connectivity index (χ4v) is 3.03. The van der Waals surface area contributed by atoms with Crippen LogP contribution in [-0.4, -0.2) is 66.2 Å². The lowest BCUT2D eigenvalue weighted by Gasteiger charge is -2.34.